The van der Waals surface area contributed by atoms with Gasteiger partial charge in [0.2, 0.25) is 5.13 Å². The molecular formula is C11H10N4O2S. The first-order chi connectivity index (χ1) is 8.65. The van der Waals surface area contributed by atoms with Crippen LogP contribution in [0.25, 0.3) is 0 Å². The van der Waals surface area contributed by atoms with Crippen molar-refractivity contribution in [1.82, 2.24) is 4.98 Å². The van der Waals surface area contributed by atoms with Crippen molar-refractivity contribution in [1.29, 1.82) is 0 Å². The molecule has 0 saturated carbocycles. The summed E-state index contributed by atoms with van der Waals surface area (Å²) < 4.78 is 0. The second-order valence-electron chi connectivity index (χ2n) is 3.38. The number of aromatic nitrogens is 1. The van der Waals surface area contributed by atoms with E-state index >= 15 is 0 Å². The van der Waals surface area contributed by atoms with E-state index in [1.165, 1.54) is 29.7 Å². The molecule has 0 atom stereocenters. The molecule has 6 nitrogen and oxygen atoms in total. The minimum absolute atomic E-state index is 0.220. The number of thiazole rings is 1. The van der Waals surface area contributed by atoms with Crippen molar-refractivity contribution >= 4 is 34.5 Å². The molecule has 7 heteroatoms. The normalized spacial score (nSPS) is 10.7. The highest BCUT2D eigenvalue weighted by Gasteiger charge is 2.01. The standard InChI is InChI=1S/C11H10N4O2S/c12-9-6-18-11(14-9)15-13-5-7-2-1-3-8(4-7)10(16)17/h1-6H,12H2,(H,14,15)(H,16,17). The first kappa shape index (κ1) is 12.1. The smallest absolute Gasteiger partial charge is 0.335 e. The fourth-order valence-electron chi connectivity index (χ4n) is 1.25. The third-order valence-electron chi connectivity index (χ3n) is 2.03. The number of carbonyl (C=O) groups is 1. The van der Waals surface area contributed by atoms with Crippen molar-refractivity contribution in [3.8, 4) is 0 Å². The van der Waals surface area contributed by atoms with Gasteiger partial charge in [-0.2, -0.15) is 5.10 Å². The number of hydrogen-bond donors (Lipinski definition) is 3. The Morgan fingerprint density at radius 2 is 2.39 bits per heavy atom. The average Bonchev–Trinajstić information content (AvgIpc) is 2.75. The van der Waals surface area contributed by atoms with Crippen LogP contribution < -0.4 is 11.2 Å². The lowest BCUT2D eigenvalue weighted by molar-refractivity contribution is 0.0697. The molecule has 2 rings (SSSR count). The first-order valence-corrected chi connectivity index (χ1v) is 5.86. The number of hydrogen-bond acceptors (Lipinski definition) is 6. The van der Waals surface area contributed by atoms with Crippen LogP contribution >= 0.6 is 11.3 Å². The van der Waals surface area contributed by atoms with E-state index in [0.717, 1.165) is 0 Å². The summed E-state index contributed by atoms with van der Waals surface area (Å²) in [6.07, 6.45) is 1.52. The molecule has 0 fully saturated rings. The molecule has 2 aromatic rings. The van der Waals surface area contributed by atoms with Gasteiger partial charge in [-0.15, -0.1) is 11.3 Å². The van der Waals surface area contributed by atoms with E-state index in [1.54, 1.807) is 17.5 Å². The molecule has 0 amide bonds. The third-order valence-corrected chi connectivity index (χ3v) is 2.79. The van der Waals surface area contributed by atoms with Crippen molar-refractivity contribution in [2.75, 3.05) is 11.2 Å². The summed E-state index contributed by atoms with van der Waals surface area (Å²) >= 11 is 1.34. The number of nitrogen functional groups attached to an aromatic ring is 1. The Morgan fingerprint density at radius 3 is 3.06 bits per heavy atom. The van der Waals surface area contributed by atoms with Gasteiger partial charge in [-0.05, 0) is 17.7 Å². The zero-order chi connectivity index (χ0) is 13.0. The summed E-state index contributed by atoms with van der Waals surface area (Å²) in [5, 5.41) is 15.1. The maximum Gasteiger partial charge on any atom is 0.335 e. The number of carboxylic acid groups (broad SMARTS) is 1. The fraction of sp³-hybridized carbons (Fsp3) is 0. The number of hydrazone groups is 1. The summed E-state index contributed by atoms with van der Waals surface area (Å²) in [5.41, 5.74) is 9.08. The van der Waals surface area contributed by atoms with Crippen molar-refractivity contribution in [3.63, 3.8) is 0 Å². The Bertz CT molecular complexity index is 594. The third kappa shape index (κ3) is 3.05. The van der Waals surface area contributed by atoms with Crippen LogP contribution in [0.4, 0.5) is 10.9 Å². The first-order valence-electron chi connectivity index (χ1n) is 4.98. The molecule has 0 bridgehead atoms. The molecule has 0 aliphatic carbocycles. The monoisotopic (exact) mass is 262 g/mol. The molecule has 0 radical (unpaired) electrons. The molecule has 0 aliphatic rings. The number of nitrogens with two attached hydrogens (primary N) is 1. The molecule has 0 spiro atoms. The van der Waals surface area contributed by atoms with E-state index in [1.807, 2.05) is 0 Å². The van der Waals surface area contributed by atoms with Crippen LogP contribution in [0.15, 0.2) is 34.7 Å². The van der Waals surface area contributed by atoms with E-state index in [9.17, 15) is 4.79 Å². The maximum atomic E-state index is 10.8. The average molecular weight is 262 g/mol. The number of benzene rings is 1. The summed E-state index contributed by atoms with van der Waals surface area (Å²) in [7, 11) is 0. The lowest BCUT2D eigenvalue weighted by Crippen LogP contribution is -1.97. The van der Waals surface area contributed by atoms with Gasteiger partial charge >= 0.3 is 5.97 Å². The number of nitrogens with one attached hydrogen (secondary N) is 1. The minimum atomic E-state index is -0.967. The van der Waals surface area contributed by atoms with Gasteiger partial charge in [0.1, 0.15) is 5.82 Å². The van der Waals surface area contributed by atoms with Crippen LogP contribution in [0.2, 0.25) is 0 Å². The van der Waals surface area contributed by atoms with Crippen LogP contribution in [0, 0.1) is 0 Å². The van der Waals surface area contributed by atoms with Crippen LogP contribution in [0.1, 0.15) is 15.9 Å². The van der Waals surface area contributed by atoms with Crippen molar-refractivity contribution in [2.24, 2.45) is 5.10 Å². The fourth-order valence-corrected chi connectivity index (χ4v) is 1.80. The molecule has 18 heavy (non-hydrogen) atoms. The highest BCUT2D eigenvalue weighted by Crippen LogP contribution is 2.16. The van der Waals surface area contributed by atoms with E-state index in [2.05, 4.69) is 15.5 Å². The Morgan fingerprint density at radius 1 is 1.56 bits per heavy atom. The molecule has 0 unspecified atom stereocenters. The summed E-state index contributed by atoms with van der Waals surface area (Å²) in [4.78, 5) is 14.7. The van der Waals surface area contributed by atoms with Crippen molar-refractivity contribution in [2.45, 2.75) is 0 Å². The van der Waals surface area contributed by atoms with Gasteiger partial charge in [-0.25, -0.2) is 9.78 Å². The van der Waals surface area contributed by atoms with E-state index in [-0.39, 0.29) is 5.56 Å². The lowest BCUT2D eigenvalue weighted by atomic mass is 10.1. The van der Waals surface area contributed by atoms with Gasteiger partial charge in [-0.1, -0.05) is 12.1 Å². The second-order valence-corrected chi connectivity index (χ2v) is 4.24. The number of aromatic carboxylic acids is 1. The Hall–Kier alpha value is -2.41. The van der Waals surface area contributed by atoms with Crippen molar-refractivity contribution < 1.29 is 9.90 Å². The van der Waals surface area contributed by atoms with Gasteiger partial charge in [0.25, 0.3) is 0 Å². The van der Waals surface area contributed by atoms with Crippen LogP contribution in [-0.4, -0.2) is 22.3 Å². The number of rotatable bonds is 4. The quantitative estimate of drug-likeness (QED) is 0.577. The minimum Gasteiger partial charge on any atom is -0.478 e. The molecule has 0 aliphatic heterocycles. The van der Waals surface area contributed by atoms with E-state index < -0.39 is 5.97 Å². The second kappa shape index (κ2) is 5.28. The predicted molar refractivity (Wildman–Crippen MR) is 71.1 cm³/mol. The molecule has 1 aromatic heterocycles. The van der Waals surface area contributed by atoms with Gasteiger partial charge in [-0.3, -0.25) is 5.43 Å². The zero-order valence-corrected chi connectivity index (χ0v) is 10.0. The topological polar surface area (TPSA) is 101 Å². The molecule has 4 N–H and O–H groups in total. The Balaban J connectivity index is 2.04. The summed E-state index contributed by atoms with van der Waals surface area (Å²) in [6, 6.07) is 6.47. The van der Waals surface area contributed by atoms with E-state index in [0.29, 0.717) is 16.5 Å². The Kier molecular flexibility index (Phi) is 3.54. The van der Waals surface area contributed by atoms with Crippen LogP contribution in [-0.2, 0) is 0 Å². The lowest BCUT2D eigenvalue weighted by Gasteiger charge is -1.96. The van der Waals surface area contributed by atoms with Crippen molar-refractivity contribution in [3.05, 3.63) is 40.8 Å². The van der Waals surface area contributed by atoms with Crippen LogP contribution in [0.5, 0.6) is 0 Å². The SMILES string of the molecule is Nc1csc(NN=Cc2cccc(C(=O)O)c2)n1. The molecule has 1 aromatic carbocycles. The largest absolute Gasteiger partial charge is 0.478 e. The van der Waals surface area contributed by atoms with Gasteiger partial charge in [0.15, 0.2) is 0 Å². The summed E-state index contributed by atoms with van der Waals surface area (Å²) in [5.74, 6) is -0.531. The molecular weight excluding hydrogens is 252 g/mol. The predicted octanol–water partition coefficient (Wildman–Crippen LogP) is 1.87. The number of nitrogens with zero attached hydrogens (tertiary/aromatic N) is 2. The highest BCUT2D eigenvalue weighted by atomic mass is 32.1. The summed E-state index contributed by atoms with van der Waals surface area (Å²) in [6.45, 7) is 0. The number of anilines is 2. The van der Waals surface area contributed by atoms with Crippen LogP contribution in [0.3, 0.4) is 0 Å². The van der Waals surface area contributed by atoms with Gasteiger partial charge < -0.3 is 10.8 Å². The van der Waals surface area contributed by atoms with E-state index in [4.69, 9.17) is 10.8 Å². The highest BCUT2D eigenvalue weighted by molar-refractivity contribution is 7.14. The number of carboxylic acids is 1. The molecule has 0 saturated heterocycles. The molecule has 1 heterocycles. The van der Waals surface area contributed by atoms with Gasteiger partial charge in [0.05, 0.1) is 11.8 Å². The molecule has 92 valence electrons. The Labute approximate surface area is 107 Å². The maximum absolute atomic E-state index is 10.8. The van der Waals surface area contributed by atoms with Gasteiger partial charge in [0, 0.05) is 5.38 Å². The zero-order valence-electron chi connectivity index (χ0n) is 9.20.